The molecule has 0 saturated carbocycles. The highest BCUT2D eigenvalue weighted by Gasteiger charge is 2.10. The molecule has 1 aromatic heterocycles. The Labute approximate surface area is 162 Å². The van der Waals surface area contributed by atoms with Gasteiger partial charge in [-0.15, -0.1) is 0 Å². The summed E-state index contributed by atoms with van der Waals surface area (Å²) in [5.41, 5.74) is 6.97. The first-order valence-electron chi connectivity index (χ1n) is 9.31. The van der Waals surface area contributed by atoms with Crippen molar-refractivity contribution in [3.8, 4) is 0 Å². The van der Waals surface area contributed by atoms with E-state index in [0.29, 0.717) is 0 Å². The topological polar surface area (TPSA) is 50.1 Å². The van der Waals surface area contributed by atoms with Crippen molar-refractivity contribution in [3.63, 3.8) is 0 Å². The second kappa shape index (κ2) is 9.31. The Hall–Kier alpha value is -2.69. The van der Waals surface area contributed by atoms with Crippen molar-refractivity contribution in [1.29, 1.82) is 0 Å². The molecular weight excluding hydrogens is 336 g/mol. The number of aromatic nitrogens is 1. The van der Waals surface area contributed by atoms with Gasteiger partial charge in [0, 0.05) is 24.8 Å². The van der Waals surface area contributed by atoms with E-state index in [1.165, 1.54) is 0 Å². The monoisotopic (exact) mass is 366 g/mol. The predicted octanol–water partition coefficient (Wildman–Crippen LogP) is 5.12. The van der Waals surface area contributed by atoms with E-state index in [1.54, 1.807) is 0 Å². The van der Waals surface area contributed by atoms with E-state index in [-0.39, 0.29) is 6.10 Å². The van der Waals surface area contributed by atoms with Crippen molar-refractivity contribution >= 4 is 17.7 Å². The fraction of sp³-hybridized carbons (Fsp3) is 0.409. The molecule has 5 heteroatoms. The van der Waals surface area contributed by atoms with Crippen molar-refractivity contribution in [2.24, 2.45) is 10.1 Å². The van der Waals surface area contributed by atoms with E-state index in [0.717, 1.165) is 46.0 Å². The quantitative estimate of drug-likeness (QED) is 0.388. The lowest BCUT2D eigenvalue weighted by atomic mass is 10.0. The van der Waals surface area contributed by atoms with Crippen LogP contribution < -0.4 is 0 Å². The number of benzene rings is 1. The van der Waals surface area contributed by atoms with Crippen LogP contribution in [0.3, 0.4) is 0 Å². The zero-order chi connectivity index (χ0) is 20.0. The van der Waals surface area contributed by atoms with Crippen LogP contribution in [0.25, 0.3) is 0 Å². The first-order chi connectivity index (χ1) is 12.8. The zero-order valence-electron chi connectivity index (χ0n) is 17.4. The number of hydrogen-bond donors (Lipinski definition) is 0. The summed E-state index contributed by atoms with van der Waals surface area (Å²) in [6.07, 6.45) is 1.66. The second-order valence-electron chi connectivity index (χ2n) is 6.90. The molecule has 0 fully saturated rings. The summed E-state index contributed by atoms with van der Waals surface area (Å²) in [7, 11) is 2.01. The molecule has 0 amide bonds. The smallest absolute Gasteiger partial charge is 0.166 e. The molecular formula is C22H30N4O. The highest BCUT2D eigenvalue weighted by Crippen LogP contribution is 2.24. The average Bonchev–Trinajstić information content (AvgIpc) is 2.65. The van der Waals surface area contributed by atoms with Gasteiger partial charge in [0.15, 0.2) is 6.10 Å². The Morgan fingerprint density at radius 1 is 1.22 bits per heavy atom. The number of hydrogen-bond acceptors (Lipinski definition) is 4. The lowest BCUT2D eigenvalue weighted by Gasteiger charge is -2.13. The van der Waals surface area contributed by atoms with Crippen LogP contribution in [0.4, 0.5) is 5.69 Å². The number of aliphatic imine (C=N–C) groups is 1. The summed E-state index contributed by atoms with van der Waals surface area (Å²) >= 11 is 0. The molecule has 0 aliphatic carbocycles. The highest BCUT2D eigenvalue weighted by molar-refractivity contribution is 6.00. The van der Waals surface area contributed by atoms with Crippen molar-refractivity contribution in [2.75, 3.05) is 13.6 Å². The third-order valence-corrected chi connectivity index (χ3v) is 4.50. The van der Waals surface area contributed by atoms with Crippen LogP contribution in [0, 0.1) is 20.8 Å². The lowest BCUT2D eigenvalue weighted by molar-refractivity contribution is 0.0692. The van der Waals surface area contributed by atoms with Gasteiger partial charge in [-0.05, 0) is 76.9 Å². The van der Waals surface area contributed by atoms with E-state index in [4.69, 9.17) is 4.84 Å². The van der Waals surface area contributed by atoms with Crippen LogP contribution >= 0.6 is 0 Å². The molecule has 27 heavy (non-hydrogen) atoms. The number of pyridine rings is 1. The van der Waals surface area contributed by atoms with Crippen molar-refractivity contribution in [2.45, 2.75) is 47.6 Å². The van der Waals surface area contributed by atoms with Crippen molar-refractivity contribution in [1.82, 2.24) is 9.88 Å². The standard InChI is InChI=1S/C22H30N4O/c1-8-26(7)14-23-22-13-15(2)20(12-16(22)3)18(5)25-27-19(6)21-11-9-10-17(4)24-21/h9-14,19H,8H2,1-7H3/b23-14?,25-18+. The van der Waals surface area contributed by atoms with E-state index >= 15 is 0 Å². The summed E-state index contributed by atoms with van der Waals surface area (Å²) in [5, 5.41) is 4.35. The minimum absolute atomic E-state index is 0.199. The fourth-order valence-corrected chi connectivity index (χ4v) is 2.62. The fourth-order valence-electron chi connectivity index (χ4n) is 2.62. The van der Waals surface area contributed by atoms with E-state index in [9.17, 15) is 0 Å². The molecule has 0 spiro atoms. The van der Waals surface area contributed by atoms with Crippen LogP contribution in [0.5, 0.6) is 0 Å². The molecule has 0 radical (unpaired) electrons. The minimum atomic E-state index is -0.199. The molecule has 1 heterocycles. The Balaban J connectivity index is 2.18. The van der Waals surface area contributed by atoms with Gasteiger partial charge in [0.25, 0.3) is 0 Å². The highest BCUT2D eigenvalue weighted by atomic mass is 16.6. The zero-order valence-corrected chi connectivity index (χ0v) is 17.4. The molecule has 0 aliphatic rings. The van der Waals surface area contributed by atoms with Crippen LogP contribution in [-0.2, 0) is 4.84 Å². The van der Waals surface area contributed by atoms with Gasteiger partial charge in [0.2, 0.25) is 0 Å². The van der Waals surface area contributed by atoms with Gasteiger partial charge in [-0.2, -0.15) is 0 Å². The normalized spacial score (nSPS) is 13.1. The Morgan fingerprint density at radius 2 is 1.96 bits per heavy atom. The predicted molar refractivity (Wildman–Crippen MR) is 113 cm³/mol. The maximum Gasteiger partial charge on any atom is 0.166 e. The third-order valence-electron chi connectivity index (χ3n) is 4.50. The van der Waals surface area contributed by atoms with Gasteiger partial charge in [-0.3, -0.25) is 4.98 Å². The Bertz CT molecular complexity index is 842. The third kappa shape index (κ3) is 5.64. The molecule has 1 atom stereocenters. The van der Waals surface area contributed by atoms with Crippen LogP contribution in [0.1, 0.15) is 55.0 Å². The SMILES string of the molecule is CCN(C)C=Nc1cc(C)c(/C(C)=N/OC(C)c2cccc(C)n2)cc1C. The molecule has 2 aromatic rings. The first kappa shape index (κ1) is 20.6. The van der Waals surface area contributed by atoms with Crippen LogP contribution in [0.15, 0.2) is 40.5 Å². The van der Waals surface area contributed by atoms with Crippen LogP contribution in [0.2, 0.25) is 0 Å². The van der Waals surface area contributed by atoms with E-state index in [2.05, 4.69) is 48.0 Å². The van der Waals surface area contributed by atoms with Gasteiger partial charge in [-0.1, -0.05) is 11.2 Å². The van der Waals surface area contributed by atoms with Gasteiger partial charge >= 0.3 is 0 Å². The van der Waals surface area contributed by atoms with Crippen molar-refractivity contribution in [3.05, 3.63) is 58.4 Å². The molecule has 0 bridgehead atoms. The molecule has 1 unspecified atom stereocenters. The maximum atomic E-state index is 5.71. The molecule has 1 aromatic carbocycles. The Morgan fingerprint density at radius 3 is 2.63 bits per heavy atom. The van der Waals surface area contributed by atoms with Gasteiger partial charge < -0.3 is 9.74 Å². The first-order valence-corrected chi connectivity index (χ1v) is 9.31. The molecule has 144 valence electrons. The summed E-state index contributed by atoms with van der Waals surface area (Å²) in [6, 6.07) is 10.1. The molecule has 0 N–H and O–H groups in total. The van der Waals surface area contributed by atoms with Crippen molar-refractivity contribution < 1.29 is 4.84 Å². The molecule has 0 aliphatic heterocycles. The average molecular weight is 367 g/mol. The number of oxime groups is 1. The number of nitrogens with zero attached hydrogens (tertiary/aromatic N) is 4. The second-order valence-corrected chi connectivity index (χ2v) is 6.90. The molecule has 2 rings (SSSR count). The number of rotatable bonds is 7. The van der Waals surface area contributed by atoms with E-state index < -0.39 is 0 Å². The molecule has 0 saturated heterocycles. The Kier molecular flexibility index (Phi) is 7.11. The van der Waals surface area contributed by atoms with E-state index in [1.807, 2.05) is 57.3 Å². The van der Waals surface area contributed by atoms with Gasteiger partial charge in [0.1, 0.15) is 0 Å². The number of aryl methyl sites for hydroxylation is 3. The summed E-state index contributed by atoms with van der Waals surface area (Å²) in [5.74, 6) is 0. The summed E-state index contributed by atoms with van der Waals surface area (Å²) in [4.78, 5) is 16.8. The summed E-state index contributed by atoms with van der Waals surface area (Å²) < 4.78 is 0. The largest absolute Gasteiger partial charge is 0.386 e. The van der Waals surface area contributed by atoms with Gasteiger partial charge in [0.05, 0.1) is 23.4 Å². The lowest BCUT2D eigenvalue weighted by Crippen LogP contribution is -2.14. The van der Waals surface area contributed by atoms with Crippen LogP contribution in [-0.4, -0.2) is 35.5 Å². The minimum Gasteiger partial charge on any atom is -0.386 e. The van der Waals surface area contributed by atoms with Gasteiger partial charge in [-0.25, -0.2) is 4.99 Å². The summed E-state index contributed by atoms with van der Waals surface area (Å²) in [6.45, 7) is 13.1. The molecule has 5 nitrogen and oxygen atoms in total. The maximum absolute atomic E-state index is 5.71.